The van der Waals surface area contributed by atoms with E-state index >= 15 is 0 Å². The number of likely N-dealkylation sites (tertiary alicyclic amines) is 1. The van der Waals surface area contributed by atoms with E-state index in [0.717, 1.165) is 37.4 Å². The first-order chi connectivity index (χ1) is 6.13. The first kappa shape index (κ1) is 11.1. The van der Waals surface area contributed by atoms with Gasteiger partial charge in [-0.2, -0.15) is 12.6 Å². The average Bonchev–Trinajstić information content (AvgIpc) is 2.11. The lowest BCUT2D eigenvalue weighted by atomic mass is 9.96. The number of nitrogens with zero attached hydrogens (tertiary/aromatic N) is 1. The first-order valence-electron chi connectivity index (χ1n) is 4.81. The smallest absolute Gasteiger partial charge is 0.0590 e. The van der Waals surface area contributed by atoms with E-state index in [2.05, 4.69) is 31.0 Å². The van der Waals surface area contributed by atoms with Crippen molar-refractivity contribution in [2.45, 2.75) is 19.4 Å². The molecule has 1 saturated heterocycles. The van der Waals surface area contributed by atoms with E-state index in [1.807, 2.05) is 0 Å². The summed E-state index contributed by atoms with van der Waals surface area (Å²) in [5.74, 6) is 1.15. The van der Waals surface area contributed by atoms with E-state index < -0.39 is 0 Å². The van der Waals surface area contributed by atoms with Gasteiger partial charge < -0.3 is 5.11 Å². The Hall–Kier alpha value is 0.01000. The van der Waals surface area contributed by atoms with Crippen molar-refractivity contribution in [1.29, 1.82) is 0 Å². The van der Waals surface area contributed by atoms with Gasteiger partial charge >= 0.3 is 0 Å². The highest BCUT2D eigenvalue weighted by molar-refractivity contribution is 7.80. The molecule has 13 heavy (non-hydrogen) atoms. The Balaban J connectivity index is 2.33. The van der Waals surface area contributed by atoms with Gasteiger partial charge in [0.1, 0.15) is 0 Å². The van der Waals surface area contributed by atoms with Crippen molar-refractivity contribution in [2.24, 2.45) is 5.92 Å². The van der Waals surface area contributed by atoms with E-state index in [1.165, 1.54) is 0 Å². The molecule has 0 bridgehead atoms. The first-order valence-corrected chi connectivity index (χ1v) is 5.44. The summed E-state index contributed by atoms with van der Waals surface area (Å²) in [6, 6.07) is 0. The molecule has 0 aromatic carbocycles. The monoisotopic (exact) mass is 201 g/mol. The van der Waals surface area contributed by atoms with Crippen LogP contribution in [0.3, 0.4) is 0 Å². The standard InChI is InChI=1S/C10H19NOS/c1-8(7-13)5-11-4-3-10(12)9(2)6-11/h9-10,12-13H,1,3-7H2,2H3. The molecule has 2 nitrogen and oxygen atoms in total. The van der Waals surface area contributed by atoms with Crippen molar-refractivity contribution in [3.63, 3.8) is 0 Å². The summed E-state index contributed by atoms with van der Waals surface area (Å²) in [6.07, 6.45) is 0.779. The zero-order valence-electron chi connectivity index (χ0n) is 8.24. The third-order valence-corrected chi connectivity index (χ3v) is 3.06. The maximum atomic E-state index is 9.52. The fourth-order valence-corrected chi connectivity index (χ4v) is 1.83. The largest absolute Gasteiger partial charge is 0.393 e. The van der Waals surface area contributed by atoms with Gasteiger partial charge in [0, 0.05) is 25.4 Å². The van der Waals surface area contributed by atoms with Crippen molar-refractivity contribution in [2.75, 3.05) is 25.4 Å². The van der Waals surface area contributed by atoms with Crippen LogP contribution in [-0.4, -0.2) is 41.5 Å². The highest BCUT2D eigenvalue weighted by Gasteiger charge is 2.23. The molecule has 3 heteroatoms. The molecule has 0 saturated carbocycles. The maximum Gasteiger partial charge on any atom is 0.0590 e. The number of rotatable bonds is 3. The van der Waals surface area contributed by atoms with Crippen molar-refractivity contribution in [1.82, 2.24) is 4.90 Å². The van der Waals surface area contributed by atoms with Crippen molar-refractivity contribution < 1.29 is 5.11 Å². The summed E-state index contributed by atoms with van der Waals surface area (Å²) >= 11 is 4.18. The minimum atomic E-state index is -0.111. The van der Waals surface area contributed by atoms with Crippen molar-refractivity contribution in [3.05, 3.63) is 12.2 Å². The summed E-state index contributed by atoms with van der Waals surface area (Å²) in [6.45, 7) is 8.92. The van der Waals surface area contributed by atoms with E-state index in [4.69, 9.17) is 0 Å². The fraction of sp³-hybridized carbons (Fsp3) is 0.800. The zero-order valence-corrected chi connectivity index (χ0v) is 9.13. The van der Waals surface area contributed by atoms with Gasteiger partial charge in [0.2, 0.25) is 0 Å². The molecule has 0 aromatic heterocycles. The number of aliphatic hydroxyl groups is 1. The van der Waals surface area contributed by atoms with Crippen LogP contribution in [0.4, 0.5) is 0 Å². The lowest BCUT2D eigenvalue weighted by molar-refractivity contribution is 0.0388. The van der Waals surface area contributed by atoms with Crippen LogP contribution in [0.2, 0.25) is 0 Å². The zero-order chi connectivity index (χ0) is 9.84. The highest BCUT2D eigenvalue weighted by atomic mass is 32.1. The van der Waals surface area contributed by atoms with Gasteiger partial charge in [0.25, 0.3) is 0 Å². The molecule has 76 valence electrons. The Morgan fingerprint density at radius 3 is 2.92 bits per heavy atom. The van der Waals surface area contributed by atoms with Crippen LogP contribution < -0.4 is 0 Å². The van der Waals surface area contributed by atoms with Crippen LogP contribution in [0, 0.1) is 5.92 Å². The van der Waals surface area contributed by atoms with Crippen LogP contribution >= 0.6 is 12.6 Å². The van der Waals surface area contributed by atoms with E-state index in [0.29, 0.717) is 5.92 Å². The molecule has 0 aromatic rings. The van der Waals surface area contributed by atoms with Gasteiger partial charge in [-0.3, -0.25) is 4.90 Å². The Morgan fingerprint density at radius 1 is 1.69 bits per heavy atom. The minimum Gasteiger partial charge on any atom is -0.393 e. The number of piperidine rings is 1. The predicted octanol–water partition coefficient (Wildman–Crippen LogP) is 1.18. The second kappa shape index (κ2) is 5.03. The minimum absolute atomic E-state index is 0.111. The molecule has 1 N–H and O–H groups in total. The lowest BCUT2D eigenvalue weighted by Crippen LogP contribution is -2.42. The molecule has 0 amide bonds. The van der Waals surface area contributed by atoms with Gasteiger partial charge in [-0.1, -0.05) is 19.1 Å². The third-order valence-electron chi connectivity index (χ3n) is 2.61. The van der Waals surface area contributed by atoms with Crippen LogP contribution in [-0.2, 0) is 0 Å². The SMILES string of the molecule is C=C(CS)CN1CCC(O)C(C)C1. The quantitative estimate of drug-likeness (QED) is 0.529. The summed E-state index contributed by atoms with van der Waals surface area (Å²) in [5.41, 5.74) is 1.16. The second-order valence-electron chi connectivity index (χ2n) is 3.98. The lowest BCUT2D eigenvalue weighted by Gasteiger charge is -2.34. The molecule has 2 atom stereocenters. The molecule has 1 aliphatic heterocycles. The number of hydrogen-bond acceptors (Lipinski definition) is 3. The Kier molecular flexibility index (Phi) is 4.29. The van der Waals surface area contributed by atoms with Gasteiger partial charge in [-0.25, -0.2) is 0 Å². The molecule has 1 aliphatic rings. The summed E-state index contributed by atoms with van der Waals surface area (Å²) in [5, 5.41) is 9.52. The topological polar surface area (TPSA) is 23.5 Å². The third kappa shape index (κ3) is 3.33. The van der Waals surface area contributed by atoms with Crippen LogP contribution in [0.15, 0.2) is 12.2 Å². The molecule has 0 radical (unpaired) electrons. The molecule has 1 fully saturated rings. The summed E-state index contributed by atoms with van der Waals surface area (Å²) < 4.78 is 0. The van der Waals surface area contributed by atoms with Crippen LogP contribution in [0.5, 0.6) is 0 Å². The number of hydrogen-bond donors (Lipinski definition) is 2. The maximum absolute atomic E-state index is 9.52. The Bertz CT molecular complexity index is 184. The highest BCUT2D eigenvalue weighted by Crippen LogP contribution is 2.17. The van der Waals surface area contributed by atoms with Gasteiger partial charge in [-0.15, -0.1) is 0 Å². The molecule has 0 aliphatic carbocycles. The normalized spacial score (nSPS) is 30.4. The summed E-state index contributed by atoms with van der Waals surface area (Å²) in [4.78, 5) is 2.34. The predicted molar refractivity (Wildman–Crippen MR) is 59.2 cm³/mol. The van der Waals surface area contributed by atoms with Crippen LogP contribution in [0.1, 0.15) is 13.3 Å². The molecule has 2 unspecified atom stereocenters. The average molecular weight is 201 g/mol. The summed E-state index contributed by atoms with van der Waals surface area (Å²) in [7, 11) is 0. The Morgan fingerprint density at radius 2 is 2.38 bits per heavy atom. The molecular weight excluding hydrogens is 182 g/mol. The van der Waals surface area contributed by atoms with Gasteiger partial charge in [0.05, 0.1) is 6.10 Å². The van der Waals surface area contributed by atoms with E-state index in [1.54, 1.807) is 0 Å². The fourth-order valence-electron chi connectivity index (χ4n) is 1.73. The second-order valence-corrected chi connectivity index (χ2v) is 4.29. The van der Waals surface area contributed by atoms with Crippen molar-refractivity contribution >= 4 is 12.6 Å². The molecule has 1 rings (SSSR count). The van der Waals surface area contributed by atoms with Gasteiger partial charge in [-0.05, 0) is 12.3 Å². The van der Waals surface area contributed by atoms with Crippen LogP contribution in [0.25, 0.3) is 0 Å². The van der Waals surface area contributed by atoms with E-state index in [9.17, 15) is 5.11 Å². The molecular formula is C10H19NOS. The van der Waals surface area contributed by atoms with Crippen molar-refractivity contribution in [3.8, 4) is 0 Å². The molecule has 1 heterocycles. The molecule has 0 spiro atoms. The van der Waals surface area contributed by atoms with E-state index in [-0.39, 0.29) is 6.10 Å². The van der Waals surface area contributed by atoms with Gasteiger partial charge in [0.15, 0.2) is 0 Å². The number of thiol groups is 1. The number of aliphatic hydroxyl groups excluding tert-OH is 1. The Labute approximate surface area is 86.0 Å².